The molecule has 0 aliphatic carbocycles. The van der Waals surface area contributed by atoms with E-state index in [4.69, 9.17) is 0 Å². The summed E-state index contributed by atoms with van der Waals surface area (Å²) >= 11 is 0. The van der Waals surface area contributed by atoms with Crippen LogP contribution in [-0.2, 0) is 0 Å². The topological polar surface area (TPSA) is 75.1 Å². The van der Waals surface area contributed by atoms with E-state index >= 15 is 0 Å². The molecule has 5 nitrogen and oxygen atoms in total. The third kappa shape index (κ3) is 1.78. The fraction of sp³-hybridized carbons (Fsp3) is 0. The highest BCUT2D eigenvalue weighted by molar-refractivity contribution is 5.78. The Morgan fingerprint density at radius 1 is 1.05 bits per heavy atom. The number of phenolic OH excluding ortho intramolecular Hbond substituents is 1. The number of nitrogens with one attached hydrogen (secondary N) is 1. The molecule has 6 heteroatoms. The standard InChI is InChI=1S/C14H9FN2O3/c15-11-3-1-2-10-12(11)16-14(20)17(13(10)19)8-4-6-9(18)7-5-8/h1-7,18H,(H,16,20). The molecule has 2 N–H and O–H groups in total. The van der Waals surface area contributed by atoms with E-state index < -0.39 is 17.1 Å². The van der Waals surface area contributed by atoms with Gasteiger partial charge in [-0.2, -0.15) is 0 Å². The number of aromatic hydroxyl groups is 1. The van der Waals surface area contributed by atoms with Crippen LogP contribution in [0.25, 0.3) is 16.6 Å². The first-order valence-corrected chi connectivity index (χ1v) is 5.81. The molecule has 0 aliphatic heterocycles. The molecule has 0 saturated heterocycles. The monoisotopic (exact) mass is 272 g/mol. The van der Waals surface area contributed by atoms with Gasteiger partial charge in [0.2, 0.25) is 0 Å². The predicted molar refractivity (Wildman–Crippen MR) is 71.8 cm³/mol. The summed E-state index contributed by atoms with van der Waals surface area (Å²) in [5.74, 6) is -0.639. The zero-order valence-corrected chi connectivity index (χ0v) is 10.1. The first kappa shape index (κ1) is 12.2. The van der Waals surface area contributed by atoms with E-state index in [9.17, 15) is 19.1 Å². The molecule has 3 aromatic rings. The van der Waals surface area contributed by atoms with Gasteiger partial charge in [-0.3, -0.25) is 4.79 Å². The molecule has 100 valence electrons. The smallest absolute Gasteiger partial charge is 0.333 e. The number of halogens is 1. The quantitative estimate of drug-likeness (QED) is 0.705. The van der Waals surface area contributed by atoms with Crippen molar-refractivity contribution in [1.29, 1.82) is 0 Å². The van der Waals surface area contributed by atoms with E-state index in [1.807, 2.05) is 0 Å². The Morgan fingerprint density at radius 2 is 1.75 bits per heavy atom. The third-order valence-corrected chi connectivity index (χ3v) is 2.99. The molecule has 2 aromatic carbocycles. The Kier molecular flexibility index (Phi) is 2.64. The van der Waals surface area contributed by atoms with Crippen LogP contribution in [0.3, 0.4) is 0 Å². The molecule has 0 aliphatic rings. The van der Waals surface area contributed by atoms with E-state index in [1.165, 1.54) is 42.5 Å². The second-order valence-corrected chi connectivity index (χ2v) is 4.25. The van der Waals surface area contributed by atoms with Crippen molar-refractivity contribution in [3.8, 4) is 11.4 Å². The molecule has 0 saturated carbocycles. The Hall–Kier alpha value is -2.89. The van der Waals surface area contributed by atoms with Crippen LogP contribution in [-0.4, -0.2) is 14.7 Å². The lowest BCUT2D eigenvalue weighted by atomic mass is 10.2. The molecule has 0 radical (unpaired) electrons. The van der Waals surface area contributed by atoms with Crippen molar-refractivity contribution in [2.45, 2.75) is 0 Å². The summed E-state index contributed by atoms with van der Waals surface area (Å²) < 4.78 is 14.5. The van der Waals surface area contributed by atoms with Crippen LogP contribution in [0.4, 0.5) is 4.39 Å². The van der Waals surface area contributed by atoms with E-state index in [0.29, 0.717) is 5.69 Å². The van der Waals surface area contributed by atoms with Crippen LogP contribution in [0, 0.1) is 5.82 Å². The number of H-pyrrole nitrogens is 1. The number of nitrogens with zero attached hydrogens (tertiary/aromatic N) is 1. The highest BCUT2D eigenvalue weighted by atomic mass is 19.1. The number of hydrogen-bond acceptors (Lipinski definition) is 3. The number of benzene rings is 2. The van der Waals surface area contributed by atoms with Crippen molar-refractivity contribution in [3.63, 3.8) is 0 Å². The van der Waals surface area contributed by atoms with Gasteiger partial charge in [0, 0.05) is 0 Å². The number of aromatic nitrogens is 2. The van der Waals surface area contributed by atoms with E-state index in [1.54, 1.807) is 0 Å². The van der Waals surface area contributed by atoms with Gasteiger partial charge in [0.05, 0.1) is 16.6 Å². The summed E-state index contributed by atoms with van der Waals surface area (Å²) in [4.78, 5) is 26.6. The van der Waals surface area contributed by atoms with Gasteiger partial charge in [-0.1, -0.05) is 6.07 Å². The van der Waals surface area contributed by atoms with Crippen molar-refractivity contribution in [1.82, 2.24) is 9.55 Å². The van der Waals surface area contributed by atoms with Crippen LogP contribution in [0.5, 0.6) is 5.75 Å². The minimum atomic E-state index is -0.738. The Morgan fingerprint density at radius 3 is 2.45 bits per heavy atom. The lowest BCUT2D eigenvalue weighted by Gasteiger charge is -2.06. The Bertz CT molecular complexity index is 910. The van der Waals surface area contributed by atoms with Gasteiger partial charge in [-0.25, -0.2) is 13.8 Å². The summed E-state index contributed by atoms with van der Waals surface area (Å²) in [7, 11) is 0. The molecular weight excluding hydrogens is 263 g/mol. The van der Waals surface area contributed by atoms with Crippen molar-refractivity contribution < 1.29 is 9.50 Å². The van der Waals surface area contributed by atoms with E-state index in [2.05, 4.69) is 4.98 Å². The number of aromatic amines is 1. The van der Waals surface area contributed by atoms with Crippen LogP contribution in [0.15, 0.2) is 52.1 Å². The zero-order chi connectivity index (χ0) is 14.3. The Balaban J connectivity index is 2.41. The van der Waals surface area contributed by atoms with Crippen LogP contribution >= 0.6 is 0 Å². The molecule has 0 amide bonds. The maximum Gasteiger partial charge on any atom is 0.333 e. The first-order chi connectivity index (χ1) is 9.58. The molecule has 0 bridgehead atoms. The van der Waals surface area contributed by atoms with Gasteiger partial charge in [0.1, 0.15) is 11.6 Å². The van der Waals surface area contributed by atoms with E-state index in [0.717, 1.165) is 4.57 Å². The number of hydrogen-bond donors (Lipinski definition) is 2. The van der Waals surface area contributed by atoms with Gasteiger partial charge < -0.3 is 10.1 Å². The highest BCUT2D eigenvalue weighted by Crippen LogP contribution is 2.13. The summed E-state index contributed by atoms with van der Waals surface area (Å²) in [6.07, 6.45) is 0. The molecule has 20 heavy (non-hydrogen) atoms. The number of phenols is 1. The highest BCUT2D eigenvalue weighted by Gasteiger charge is 2.11. The van der Waals surface area contributed by atoms with Gasteiger partial charge in [0.15, 0.2) is 0 Å². The van der Waals surface area contributed by atoms with Crippen molar-refractivity contribution in [3.05, 3.63) is 69.1 Å². The Labute approximate surface area is 111 Å². The molecular formula is C14H9FN2O3. The second-order valence-electron chi connectivity index (χ2n) is 4.25. The molecule has 0 spiro atoms. The lowest BCUT2D eigenvalue weighted by molar-refractivity contribution is 0.475. The molecule has 0 fully saturated rings. The van der Waals surface area contributed by atoms with Crippen molar-refractivity contribution in [2.24, 2.45) is 0 Å². The largest absolute Gasteiger partial charge is 0.508 e. The third-order valence-electron chi connectivity index (χ3n) is 2.99. The molecule has 0 atom stereocenters. The van der Waals surface area contributed by atoms with Gasteiger partial charge in [-0.15, -0.1) is 0 Å². The molecule has 3 rings (SSSR count). The molecule has 1 aromatic heterocycles. The summed E-state index contributed by atoms with van der Waals surface area (Å²) in [5.41, 5.74) is -1.18. The minimum absolute atomic E-state index is 0.0186. The SMILES string of the molecule is O=c1[nH]c2c(F)cccc2c(=O)n1-c1ccc(O)cc1. The van der Waals surface area contributed by atoms with Crippen molar-refractivity contribution in [2.75, 3.05) is 0 Å². The van der Waals surface area contributed by atoms with Crippen molar-refractivity contribution >= 4 is 10.9 Å². The van der Waals surface area contributed by atoms with Gasteiger partial charge >= 0.3 is 5.69 Å². The fourth-order valence-corrected chi connectivity index (χ4v) is 2.04. The van der Waals surface area contributed by atoms with Crippen LogP contribution in [0.1, 0.15) is 0 Å². The second kappa shape index (κ2) is 4.34. The van der Waals surface area contributed by atoms with Gasteiger partial charge in [0.25, 0.3) is 5.56 Å². The minimum Gasteiger partial charge on any atom is -0.508 e. The van der Waals surface area contributed by atoms with E-state index in [-0.39, 0.29) is 16.7 Å². The molecule has 1 heterocycles. The van der Waals surface area contributed by atoms with Crippen LogP contribution in [0.2, 0.25) is 0 Å². The summed E-state index contributed by atoms with van der Waals surface area (Å²) in [6.45, 7) is 0. The maximum atomic E-state index is 13.6. The first-order valence-electron chi connectivity index (χ1n) is 5.81. The number of rotatable bonds is 1. The maximum absolute atomic E-state index is 13.6. The average molecular weight is 272 g/mol. The zero-order valence-electron chi connectivity index (χ0n) is 10.1. The molecule has 0 unspecified atom stereocenters. The summed E-state index contributed by atoms with van der Waals surface area (Å²) in [6, 6.07) is 9.58. The lowest BCUT2D eigenvalue weighted by Crippen LogP contribution is -2.33. The summed E-state index contributed by atoms with van der Waals surface area (Å²) in [5, 5.41) is 9.31. The fourth-order valence-electron chi connectivity index (χ4n) is 2.04. The van der Waals surface area contributed by atoms with Gasteiger partial charge in [-0.05, 0) is 36.4 Å². The average Bonchev–Trinajstić information content (AvgIpc) is 2.42. The predicted octanol–water partition coefficient (Wildman–Crippen LogP) is 1.52. The normalized spacial score (nSPS) is 10.8. The number of para-hydroxylation sites is 1. The van der Waals surface area contributed by atoms with Crippen LogP contribution < -0.4 is 11.2 Å². The number of fused-ring (bicyclic) bond motifs is 1.